The Morgan fingerprint density at radius 1 is 1.64 bits per heavy atom. The number of carbonyl (C=O) groups is 1. The van der Waals surface area contributed by atoms with E-state index in [4.69, 9.17) is 5.11 Å². The number of hydrogen-bond donors (Lipinski definition) is 2. The molecule has 0 radical (unpaired) electrons. The highest BCUT2D eigenvalue weighted by Gasteiger charge is 2.38. The fraction of sp³-hybridized carbons (Fsp3) is 0.571. The van der Waals surface area contributed by atoms with Crippen molar-refractivity contribution in [3.05, 3.63) is 12.7 Å². The zero-order chi connectivity index (χ0) is 11.2. The number of carbonyl (C=O) groups excluding carboxylic acids is 1. The minimum absolute atomic E-state index is 0.103. The molecule has 0 aliphatic rings. The molecule has 1 unspecified atom stereocenters. The lowest BCUT2D eigenvalue weighted by atomic mass is 10.3. The van der Waals surface area contributed by atoms with E-state index in [9.17, 15) is 18.0 Å². The van der Waals surface area contributed by atoms with Crippen molar-refractivity contribution in [3.8, 4) is 0 Å². The number of aliphatic hydroxyl groups is 1. The predicted molar refractivity (Wildman–Crippen MR) is 41.6 cm³/mol. The van der Waals surface area contributed by atoms with E-state index < -0.39 is 24.9 Å². The monoisotopic (exact) mass is 213 g/mol. The highest BCUT2D eigenvalue weighted by molar-refractivity contribution is 5.67. The van der Waals surface area contributed by atoms with Crippen LogP contribution >= 0.6 is 0 Å². The van der Waals surface area contributed by atoms with E-state index in [0.29, 0.717) is 0 Å². The fourth-order valence-electron chi connectivity index (χ4n) is 0.481. The van der Waals surface area contributed by atoms with Crippen LogP contribution < -0.4 is 5.32 Å². The number of amides is 1. The van der Waals surface area contributed by atoms with Crippen LogP contribution in [0.15, 0.2) is 12.7 Å². The first-order valence-corrected chi connectivity index (χ1v) is 3.64. The molecule has 0 aromatic heterocycles. The standard InChI is InChI=1S/C7H10F3NO3/c1-2-3-14-6(13)11-4-5(12)7(8,9)10/h2,5,12H,1,3-4H2,(H,11,13). The quantitative estimate of drug-likeness (QED) is 0.680. The van der Waals surface area contributed by atoms with E-state index in [1.807, 2.05) is 0 Å². The second-order valence-corrected chi connectivity index (χ2v) is 2.33. The Morgan fingerprint density at radius 2 is 2.21 bits per heavy atom. The molecule has 0 saturated heterocycles. The molecule has 0 rings (SSSR count). The summed E-state index contributed by atoms with van der Waals surface area (Å²) in [6, 6.07) is 0. The third-order valence-corrected chi connectivity index (χ3v) is 1.15. The lowest BCUT2D eigenvalue weighted by molar-refractivity contribution is -0.201. The van der Waals surface area contributed by atoms with E-state index in [0.717, 1.165) is 0 Å². The van der Waals surface area contributed by atoms with Gasteiger partial charge in [-0.15, -0.1) is 0 Å². The molecule has 1 atom stereocenters. The normalized spacial score (nSPS) is 13.1. The summed E-state index contributed by atoms with van der Waals surface area (Å²) in [5.74, 6) is 0. The molecule has 0 spiro atoms. The number of alkyl carbamates (subject to hydrolysis) is 1. The minimum Gasteiger partial charge on any atom is -0.445 e. The number of halogens is 3. The molecule has 2 N–H and O–H groups in total. The van der Waals surface area contributed by atoms with Crippen molar-refractivity contribution < 1.29 is 27.8 Å². The first-order chi connectivity index (χ1) is 6.38. The van der Waals surface area contributed by atoms with Gasteiger partial charge >= 0.3 is 12.3 Å². The largest absolute Gasteiger partial charge is 0.445 e. The molecule has 0 aromatic carbocycles. The summed E-state index contributed by atoms with van der Waals surface area (Å²) in [6.45, 7) is 2.20. The number of rotatable bonds is 4. The number of alkyl halides is 3. The zero-order valence-electron chi connectivity index (χ0n) is 7.17. The number of aliphatic hydroxyl groups excluding tert-OH is 1. The van der Waals surface area contributed by atoms with Crippen LogP contribution in [0.4, 0.5) is 18.0 Å². The maximum Gasteiger partial charge on any atom is 0.416 e. The van der Waals surface area contributed by atoms with Gasteiger partial charge < -0.3 is 15.2 Å². The summed E-state index contributed by atoms with van der Waals surface area (Å²) < 4.78 is 39.4. The van der Waals surface area contributed by atoms with Gasteiger partial charge in [-0.2, -0.15) is 13.2 Å². The molecule has 1 amide bonds. The molecule has 0 saturated carbocycles. The molecule has 0 heterocycles. The van der Waals surface area contributed by atoms with Gasteiger partial charge in [0.15, 0.2) is 6.10 Å². The van der Waals surface area contributed by atoms with Gasteiger partial charge in [-0.3, -0.25) is 0 Å². The van der Waals surface area contributed by atoms with Gasteiger partial charge in [0, 0.05) is 0 Å². The summed E-state index contributed by atoms with van der Waals surface area (Å²) in [4.78, 5) is 10.6. The van der Waals surface area contributed by atoms with E-state index >= 15 is 0 Å². The predicted octanol–water partition coefficient (Wildman–Crippen LogP) is 0.822. The van der Waals surface area contributed by atoms with E-state index in [-0.39, 0.29) is 6.61 Å². The molecule has 0 aliphatic carbocycles. The van der Waals surface area contributed by atoms with Crippen LogP contribution in [0.5, 0.6) is 0 Å². The lowest BCUT2D eigenvalue weighted by Crippen LogP contribution is -2.40. The van der Waals surface area contributed by atoms with E-state index in [1.54, 1.807) is 5.32 Å². The van der Waals surface area contributed by atoms with Crippen LogP contribution in [0.2, 0.25) is 0 Å². The highest BCUT2D eigenvalue weighted by Crippen LogP contribution is 2.19. The Balaban J connectivity index is 3.72. The van der Waals surface area contributed by atoms with Gasteiger partial charge in [0.25, 0.3) is 0 Å². The Kier molecular flexibility index (Phi) is 5.00. The molecule has 0 fully saturated rings. The fourth-order valence-corrected chi connectivity index (χ4v) is 0.481. The molecule has 7 heteroatoms. The van der Waals surface area contributed by atoms with Crippen LogP contribution in [0.1, 0.15) is 0 Å². The van der Waals surface area contributed by atoms with Crippen molar-refractivity contribution in [1.29, 1.82) is 0 Å². The van der Waals surface area contributed by atoms with Gasteiger partial charge in [-0.1, -0.05) is 12.7 Å². The average molecular weight is 213 g/mol. The van der Waals surface area contributed by atoms with Crippen LogP contribution in [0, 0.1) is 0 Å². The third-order valence-electron chi connectivity index (χ3n) is 1.15. The molecule has 0 aliphatic heterocycles. The summed E-state index contributed by atoms with van der Waals surface area (Å²) in [6.07, 6.45) is -7.10. The molecule has 82 valence electrons. The van der Waals surface area contributed by atoms with Crippen LogP contribution in [0.3, 0.4) is 0 Å². The van der Waals surface area contributed by atoms with Gasteiger partial charge in [-0.25, -0.2) is 4.79 Å². The Labute approximate surface area is 78.4 Å². The lowest BCUT2D eigenvalue weighted by Gasteiger charge is -2.14. The van der Waals surface area contributed by atoms with Crippen LogP contribution in [-0.2, 0) is 4.74 Å². The second kappa shape index (κ2) is 5.48. The van der Waals surface area contributed by atoms with E-state index in [1.165, 1.54) is 6.08 Å². The first kappa shape index (κ1) is 12.8. The van der Waals surface area contributed by atoms with Crippen molar-refractivity contribution in [2.24, 2.45) is 0 Å². The zero-order valence-corrected chi connectivity index (χ0v) is 7.17. The maximum atomic E-state index is 11.7. The van der Waals surface area contributed by atoms with E-state index in [2.05, 4.69) is 11.3 Å². The molecule has 0 aromatic rings. The van der Waals surface area contributed by atoms with Crippen molar-refractivity contribution in [1.82, 2.24) is 5.32 Å². The Hall–Kier alpha value is -1.24. The number of nitrogens with one attached hydrogen (secondary N) is 1. The van der Waals surface area contributed by atoms with Crippen LogP contribution in [0.25, 0.3) is 0 Å². The highest BCUT2D eigenvalue weighted by atomic mass is 19.4. The molecule has 4 nitrogen and oxygen atoms in total. The Morgan fingerprint density at radius 3 is 2.64 bits per heavy atom. The first-order valence-electron chi connectivity index (χ1n) is 3.64. The molecular weight excluding hydrogens is 203 g/mol. The van der Waals surface area contributed by atoms with Gasteiger partial charge in [-0.05, 0) is 0 Å². The summed E-state index contributed by atoms with van der Waals surface area (Å²) in [7, 11) is 0. The number of hydrogen-bond acceptors (Lipinski definition) is 3. The number of ether oxygens (including phenoxy) is 1. The van der Waals surface area contributed by atoms with Crippen molar-refractivity contribution >= 4 is 6.09 Å². The minimum atomic E-state index is -4.74. The van der Waals surface area contributed by atoms with Crippen LogP contribution in [-0.4, -0.2) is 36.6 Å². The summed E-state index contributed by atoms with van der Waals surface area (Å²) in [5.41, 5.74) is 0. The van der Waals surface area contributed by atoms with Gasteiger partial charge in [0.05, 0.1) is 6.54 Å². The topological polar surface area (TPSA) is 58.6 Å². The van der Waals surface area contributed by atoms with Gasteiger partial charge in [0.2, 0.25) is 0 Å². The Bertz CT molecular complexity index is 205. The molecular formula is C7H10F3NO3. The summed E-state index contributed by atoms with van der Waals surface area (Å²) >= 11 is 0. The van der Waals surface area contributed by atoms with Gasteiger partial charge in [0.1, 0.15) is 6.61 Å². The molecule has 14 heavy (non-hydrogen) atoms. The summed E-state index contributed by atoms with van der Waals surface area (Å²) in [5, 5.41) is 10.2. The maximum absolute atomic E-state index is 11.7. The van der Waals surface area contributed by atoms with Crippen molar-refractivity contribution in [3.63, 3.8) is 0 Å². The second-order valence-electron chi connectivity index (χ2n) is 2.33. The average Bonchev–Trinajstić information content (AvgIpc) is 2.09. The smallest absolute Gasteiger partial charge is 0.416 e. The van der Waals surface area contributed by atoms with Crippen molar-refractivity contribution in [2.45, 2.75) is 12.3 Å². The third kappa shape index (κ3) is 5.41. The molecule has 0 bridgehead atoms. The van der Waals surface area contributed by atoms with Crippen molar-refractivity contribution in [2.75, 3.05) is 13.2 Å². The SMILES string of the molecule is C=CCOC(=O)NCC(O)C(F)(F)F.